The molecular formula is C15H23N3O3. The molecule has 1 saturated heterocycles. The molecular weight excluding hydrogens is 270 g/mol. The molecule has 0 amide bonds. The Hall–Kier alpha value is -1.79. The Bertz CT molecular complexity index is 497. The third-order valence-corrected chi connectivity index (χ3v) is 3.84. The van der Waals surface area contributed by atoms with E-state index in [-0.39, 0.29) is 0 Å². The second-order valence-corrected chi connectivity index (χ2v) is 5.66. The summed E-state index contributed by atoms with van der Waals surface area (Å²) in [6.07, 6.45) is 0. The van der Waals surface area contributed by atoms with Crippen LogP contribution in [0.1, 0.15) is 6.92 Å². The molecule has 0 spiro atoms. The summed E-state index contributed by atoms with van der Waals surface area (Å²) in [7, 11) is 1.67. The lowest BCUT2D eigenvalue weighted by molar-refractivity contribution is -0.143. The van der Waals surface area contributed by atoms with Crippen LogP contribution in [-0.2, 0) is 4.79 Å². The van der Waals surface area contributed by atoms with Crippen molar-refractivity contribution in [3.8, 4) is 5.75 Å². The van der Waals surface area contributed by atoms with E-state index in [1.165, 1.54) is 0 Å². The topological polar surface area (TPSA) is 79.0 Å². The van der Waals surface area contributed by atoms with Gasteiger partial charge in [-0.15, -0.1) is 0 Å². The Morgan fingerprint density at radius 1 is 1.33 bits per heavy atom. The van der Waals surface area contributed by atoms with E-state index < -0.39 is 11.5 Å². The number of carbonyl (C=O) groups is 1. The predicted molar refractivity (Wildman–Crippen MR) is 81.9 cm³/mol. The highest BCUT2D eigenvalue weighted by Gasteiger charge is 2.32. The lowest BCUT2D eigenvalue weighted by Gasteiger charge is -2.38. The molecule has 1 unspecified atom stereocenters. The van der Waals surface area contributed by atoms with E-state index in [1.807, 2.05) is 24.3 Å². The van der Waals surface area contributed by atoms with Crippen LogP contribution in [0, 0.1) is 0 Å². The second-order valence-electron chi connectivity index (χ2n) is 5.66. The van der Waals surface area contributed by atoms with Crippen LogP contribution in [0.25, 0.3) is 0 Å². The van der Waals surface area contributed by atoms with Crippen LogP contribution in [0.5, 0.6) is 5.75 Å². The molecule has 3 N–H and O–H groups in total. The third kappa shape index (κ3) is 3.65. The third-order valence-electron chi connectivity index (χ3n) is 3.84. The lowest BCUT2D eigenvalue weighted by atomic mass is 10.0. The number of rotatable bonds is 5. The van der Waals surface area contributed by atoms with Crippen molar-refractivity contribution in [3.05, 3.63) is 24.3 Å². The average Bonchev–Trinajstić information content (AvgIpc) is 2.47. The molecule has 1 aromatic carbocycles. The number of piperazine rings is 1. The van der Waals surface area contributed by atoms with Gasteiger partial charge in [0, 0.05) is 32.7 Å². The van der Waals surface area contributed by atoms with Gasteiger partial charge in [0.05, 0.1) is 12.8 Å². The number of hydrogen-bond acceptors (Lipinski definition) is 5. The summed E-state index contributed by atoms with van der Waals surface area (Å²) in [6, 6.07) is 7.93. The summed E-state index contributed by atoms with van der Waals surface area (Å²) in [6.45, 7) is 5.16. The lowest BCUT2D eigenvalue weighted by Crippen LogP contribution is -2.57. The van der Waals surface area contributed by atoms with Crippen molar-refractivity contribution in [1.29, 1.82) is 0 Å². The fourth-order valence-electron chi connectivity index (χ4n) is 2.57. The van der Waals surface area contributed by atoms with Gasteiger partial charge in [0.1, 0.15) is 11.3 Å². The van der Waals surface area contributed by atoms with Gasteiger partial charge in [0.15, 0.2) is 0 Å². The van der Waals surface area contributed by atoms with E-state index >= 15 is 0 Å². The van der Waals surface area contributed by atoms with Crippen LogP contribution in [0.15, 0.2) is 24.3 Å². The zero-order chi connectivity index (χ0) is 15.5. The van der Waals surface area contributed by atoms with Crippen molar-refractivity contribution in [2.24, 2.45) is 5.73 Å². The number of para-hydroxylation sites is 2. The van der Waals surface area contributed by atoms with E-state index in [1.54, 1.807) is 14.0 Å². The average molecular weight is 293 g/mol. The molecule has 1 heterocycles. The quantitative estimate of drug-likeness (QED) is 0.828. The van der Waals surface area contributed by atoms with E-state index in [9.17, 15) is 4.79 Å². The van der Waals surface area contributed by atoms with Gasteiger partial charge < -0.3 is 20.5 Å². The zero-order valence-corrected chi connectivity index (χ0v) is 12.6. The van der Waals surface area contributed by atoms with Gasteiger partial charge >= 0.3 is 5.97 Å². The van der Waals surface area contributed by atoms with Crippen molar-refractivity contribution in [3.63, 3.8) is 0 Å². The number of nitrogens with zero attached hydrogens (tertiary/aromatic N) is 2. The molecule has 21 heavy (non-hydrogen) atoms. The van der Waals surface area contributed by atoms with Crippen molar-refractivity contribution >= 4 is 11.7 Å². The van der Waals surface area contributed by atoms with Crippen LogP contribution >= 0.6 is 0 Å². The Labute approximate surface area is 125 Å². The number of methoxy groups -OCH3 is 1. The number of nitrogens with two attached hydrogens (primary N) is 1. The zero-order valence-electron chi connectivity index (χ0n) is 12.6. The molecule has 2 rings (SSSR count). The minimum absolute atomic E-state index is 0.363. The van der Waals surface area contributed by atoms with Crippen molar-refractivity contribution < 1.29 is 14.6 Å². The van der Waals surface area contributed by atoms with Crippen LogP contribution in [0.2, 0.25) is 0 Å². The SMILES string of the molecule is COc1ccccc1N1CCN(CC(C)(N)C(=O)O)CC1. The monoisotopic (exact) mass is 293 g/mol. The Balaban J connectivity index is 1.96. The highest BCUT2D eigenvalue weighted by atomic mass is 16.5. The molecule has 0 aromatic heterocycles. The number of carboxylic acid groups (broad SMARTS) is 1. The van der Waals surface area contributed by atoms with E-state index in [2.05, 4.69) is 9.80 Å². The van der Waals surface area contributed by atoms with Crippen LogP contribution in [0.3, 0.4) is 0 Å². The van der Waals surface area contributed by atoms with Gasteiger partial charge in [-0.3, -0.25) is 9.69 Å². The normalized spacial score (nSPS) is 19.1. The number of aliphatic carboxylic acids is 1. The molecule has 6 heteroatoms. The first-order valence-corrected chi connectivity index (χ1v) is 7.06. The Kier molecular flexibility index (Phi) is 4.69. The summed E-state index contributed by atoms with van der Waals surface area (Å²) >= 11 is 0. The minimum Gasteiger partial charge on any atom is -0.495 e. The standard InChI is InChI=1S/C15H23N3O3/c1-15(16,14(19)20)11-17-7-9-18(10-8-17)12-5-3-4-6-13(12)21-2/h3-6H,7-11,16H2,1-2H3,(H,19,20). The first-order chi connectivity index (χ1) is 9.94. The number of carboxylic acids is 1. The number of hydrogen-bond donors (Lipinski definition) is 2. The molecule has 0 saturated carbocycles. The summed E-state index contributed by atoms with van der Waals surface area (Å²) in [5.74, 6) is -0.102. The van der Waals surface area contributed by atoms with Crippen molar-refractivity contribution in [1.82, 2.24) is 4.90 Å². The van der Waals surface area contributed by atoms with E-state index in [0.717, 1.165) is 37.6 Å². The predicted octanol–water partition coefficient (Wildman–Crippen LogP) is 0.619. The molecule has 116 valence electrons. The highest BCUT2D eigenvalue weighted by molar-refractivity contribution is 5.78. The summed E-state index contributed by atoms with van der Waals surface area (Å²) in [5, 5.41) is 9.09. The van der Waals surface area contributed by atoms with Crippen LogP contribution in [-0.4, -0.2) is 61.3 Å². The molecule has 0 radical (unpaired) electrons. The molecule has 1 fully saturated rings. The highest BCUT2D eigenvalue weighted by Crippen LogP contribution is 2.28. The summed E-state index contributed by atoms with van der Waals surface area (Å²) in [4.78, 5) is 15.4. The molecule has 0 aliphatic carbocycles. The van der Waals surface area contributed by atoms with Crippen molar-refractivity contribution in [2.45, 2.75) is 12.5 Å². The smallest absolute Gasteiger partial charge is 0.324 e. The van der Waals surface area contributed by atoms with Crippen molar-refractivity contribution in [2.75, 3.05) is 44.7 Å². The van der Waals surface area contributed by atoms with Gasteiger partial charge in [0.2, 0.25) is 0 Å². The molecule has 1 aromatic rings. The minimum atomic E-state index is -1.20. The maximum atomic E-state index is 11.1. The molecule has 1 atom stereocenters. The number of anilines is 1. The molecule has 0 bridgehead atoms. The van der Waals surface area contributed by atoms with Crippen LogP contribution < -0.4 is 15.4 Å². The summed E-state index contributed by atoms with van der Waals surface area (Å²) < 4.78 is 5.38. The first kappa shape index (κ1) is 15.6. The Morgan fingerprint density at radius 3 is 2.52 bits per heavy atom. The van der Waals surface area contributed by atoms with Gasteiger partial charge in [0.25, 0.3) is 0 Å². The molecule has 1 aliphatic rings. The Morgan fingerprint density at radius 2 is 1.95 bits per heavy atom. The van der Waals surface area contributed by atoms with Gasteiger partial charge in [-0.1, -0.05) is 12.1 Å². The number of benzene rings is 1. The van der Waals surface area contributed by atoms with Crippen LogP contribution in [0.4, 0.5) is 5.69 Å². The van der Waals surface area contributed by atoms with Gasteiger partial charge in [-0.05, 0) is 19.1 Å². The van der Waals surface area contributed by atoms with Gasteiger partial charge in [-0.2, -0.15) is 0 Å². The second kappa shape index (κ2) is 6.32. The molecule has 1 aliphatic heterocycles. The van der Waals surface area contributed by atoms with E-state index in [4.69, 9.17) is 15.6 Å². The summed E-state index contributed by atoms with van der Waals surface area (Å²) in [5.41, 5.74) is 5.68. The van der Waals surface area contributed by atoms with Gasteiger partial charge in [-0.25, -0.2) is 0 Å². The molecule has 6 nitrogen and oxygen atoms in total. The maximum absolute atomic E-state index is 11.1. The number of ether oxygens (including phenoxy) is 1. The van der Waals surface area contributed by atoms with E-state index in [0.29, 0.717) is 6.54 Å². The maximum Gasteiger partial charge on any atom is 0.324 e. The fraction of sp³-hybridized carbons (Fsp3) is 0.533. The first-order valence-electron chi connectivity index (χ1n) is 7.06. The fourth-order valence-corrected chi connectivity index (χ4v) is 2.57. The largest absolute Gasteiger partial charge is 0.495 e.